The Labute approximate surface area is 109 Å². The number of hydrogen-bond donors (Lipinski definition) is 1. The van der Waals surface area contributed by atoms with Gasteiger partial charge in [0.05, 0.1) is 6.10 Å². The third-order valence-corrected chi connectivity index (χ3v) is 3.03. The van der Waals surface area contributed by atoms with Crippen molar-refractivity contribution in [3.63, 3.8) is 0 Å². The minimum Gasteiger partial charge on any atom is -0.491 e. The molecule has 2 rings (SSSR count). The fourth-order valence-corrected chi connectivity index (χ4v) is 2.06. The predicted octanol–water partition coefficient (Wildman–Crippen LogP) is 2.52. The van der Waals surface area contributed by atoms with Crippen molar-refractivity contribution < 1.29 is 9.47 Å². The van der Waals surface area contributed by atoms with E-state index in [1.54, 1.807) is 0 Å². The molecule has 1 aliphatic heterocycles. The Kier molecular flexibility index (Phi) is 5.24. The van der Waals surface area contributed by atoms with Crippen molar-refractivity contribution >= 4 is 0 Å². The van der Waals surface area contributed by atoms with E-state index in [-0.39, 0.29) is 6.10 Å². The number of ether oxygens (including phenoxy) is 2. The molecule has 1 aromatic carbocycles. The Morgan fingerprint density at radius 1 is 1.44 bits per heavy atom. The van der Waals surface area contributed by atoms with Crippen LogP contribution in [0.3, 0.4) is 0 Å². The maximum absolute atomic E-state index is 5.86. The Hall–Kier alpha value is -1.32. The second kappa shape index (κ2) is 7.19. The Morgan fingerprint density at radius 3 is 3.11 bits per heavy atom. The predicted molar refractivity (Wildman–Crippen MR) is 72.8 cm³/mol. The molecule has 0 bridgehead atoms. The molecule has 0 aromatic heterocycles. The second-order valence-corrected chi connectivity index (χ2v) is 4.47. The Bertz CT molecular complexity index is 373. The minimum atomic E-state index is 0.263. The molecule has 1 N–H and O–H groups in total. The van der Waals surface area contributed by atoms with Gasteiger partial charge in [-0.3, -0.25) is 0 Å². The van der Waals surface area contributed by atoms with Gasteiger partial charge in [0.1, 0.15) is 12.4 Å². The molecule has 3 heteroatoms. The maximum Gasteiger partial charge on any atom is 0.123 e. The van der Waals surface area contributed by atoms with E-state index in [4.69, 9.17) is 9.47 Å². The summed E-state index contributed by atoms with van der Waals surface area (Å²) in [7, 11) is 0. The summed E-state index contributed by atoms with van der Waals surface area (Å²) in [6.45, 7) is 6.82. The number of hydrogen-bond acceptors (Lipinski definition) is 3. The van der Waals surface area contributed by atoms with E-state index in [1.807, 2.05) is 24.3 Å². The molecule has 3 nitrogen and oxygen atoms in total. The van der Waals surface area contributed by atoms with E-state index in [9.17, 15) is 0 Å². The molecule has 1 unspecified atom stereocenters. The standard InChI is InChI=1S/C15H21NO2/c1-2-9-16-11-13-6-3-4-8-15(13)18-12-14-7-5-10-17-14/h2-4,6,8,14,16H,1,5,7,9-12H2. The summed E-state index contributed by atoms with van der Waals surface area (Å²) in [6.07, 6.45) is 4.38. The molecule has 1 aliphatic rings. The molecule has 0 saturated carbocycles. The lowest BCUT2D eigenvalue weighted by molar-refractivity contribution is 0.0676. The number of para-hydroxylation sites is 1. The van der Waals surface area contributed by atoms with Crippen molar-refractivity contribution in [1.82, 2.24) is 5.32 Å². The Balaban J connectivity index is 1.87. The largest absolute Gasteiger partial charge is 0.491 e. The molecule has 18 heavy (non-hydrogen) atoms. The summed E-state index contributed by atoms with van der Waals surface area (Å²) in [5.41, 5.74) is 1.18. The third-order valence-electron chi connectivity index (χ3n) is 3.03. The van der Waals surface area contributed by atoms with E-state index in [1.165, 1.54) is 5.56 Å². The van der Waals surface area contributed by atoms with E-state index in [0.29, 0.717) is 6.61 Å². The van der Waals surface area contributed by atoms with Gasteiger partial charge in [0.15, 0.2) is 0 Å². The lowest BCUT2D eigenvalue weighted by atomic mass is 10.2. The van der Waals surface area contributed by atoms with Gasteiger partial charge < -0.3 is 14.8 Å². The van der Waals surface area contributed by atoms with Gasteiger partial charge in [-0.25, -0.2) is 0 Å². The molecule has 1 aromatic rings. The molecule has 1 atom stereocenters. The van der Waals surface area contributed by atoms with E-state index in [0.717, 1.165) is 38.3 Å². The van der Waals surface area contributed by atoms with Crippen LogP contribution in [0.5, 0.6) is 5.75 Å². The average molecular weight is 247 g/mol. The van der Waals surface area contributed by atoms with Crippen LogP contribution in [0, 0.1) is 0 Å². The molecule has 0 amide bonds. The molecular weight excluding hydrogens is 226 g/mol. The van der Waals surface area contributed by atoms with Crippen molar-refractivity contribution in [2.45, 2.75) is 25.5 Å². The zero-order chi connectivity index (χ0) is 12.6. The highest BCUT2D eigenvalue weighted by molar-refractivity contribution is 5.33. The normalized spacial score (nSPS) is 18.8. The van der Waals surface area contributed by atoms with Crippen LogP contribution >= 0.6 is 0 Å². The summed E-state index contributed by atoms with van der Waals surface area (Å²) in [4.78, 5) is 0. The molecular formula is C15H21NO2. The zero-order valence-corrected chi connectivity index (χ0v) is 10.7. The van der Waals surface area contributed by atoms with Crippen LogP contribution in [-0.4, -0.2) is 25.9 Å². The first kappa shape index (κ1) is 13.1. The van der Waals surface area contributed by atoms with Crippen LogP contribution in [0.1, 0.15) is 18.4 Å². The molecule has 1 heterocycles. The topological polar surface area (TPSA) is 30.5 Å². The Morgan fingerprint density at radius 2 is 2.33 bits per heavy atom. The molecule has 0 radical (unpaired) electrons. The first-order chi connectivity index (χ1) is 8.90. The van der Waals surface area contributed by atoms with Crippen LogP contribution in [0.2, 0.25) is 0 Å². The fourth-order valence-electron chi connectivity index (χ4n) is 2.06. The van der Waals surface area contributed by atoms with Crippen LogP contribution in [0.4, 0.5) is 0 Å². The summed E-state index contributed by atoms with van der Waals surface area (Å²) in [5.74, 6) is 0.949. The van der Waals surface area contributed by atoms with Crippen molar-refractivity contribution in [3.05, 3.63) is 42.5 Å². The maximum atomic E-state index is 5.86. The van der Waals surface area contributed by atoms with Gasteiger partial charge in [0.25, 0.3) is 0 Å². The van der Waals surface area contributed by atoms with Crippen molar-refractivity contribution in [2.24, 2.45) is 0 Å². The van der Waals surface area contributed by atoms with Gasteiger partial charge in [-0.2, -0.15) is 0 Å². The lowest BCUT2D eigenvalue weighted by Crippen LogP contribution is -2.18. The highest BCUT2D eigenvalue weighted by Gasteiger charge is 2.16. The summed E-state index contributed by atoms with van der Waals surface area (Å²) in [5, 5.41) is 3.29. The zero-order valence-electron chi connectivity index (χ0n) is 10.7. The molecule has 0 spiro atoms. The number of nitrogens with one attached hydrogen (secondary N) is 1. The quantitative estimate of drug-likeness (QED) is 0.593. The number of benzene rings is 1. The van der Waals surface area contributed by atoms with Gasteiger partial charge in [-0.1, -0.05) is 24.3 Å². The highest BCUT2D eigenvalue weighted by atomic mass is 16.5. The molecule has 1 fully saturated rings. The average Bonchev–Trinajstić information content (AvgIpc) is 2.91. The number of rotatable bonds is 7. The first-order valence-electron chi connectivity index (χ1n) is 6.54. The van der Waals surface area contributed by atoms with E-state index in [2.05, 4.69) is 18.0 Å². The van der Waals surface area contributed by atoms with Crippen molar-refractivity contribution in [2.75, 3.05) is 19.8 Å². The van der Waals surface area contributed by atoms with Gasteiger partial charge >= 0.3 is 0 Å². The molecule has 98 valence electrons. The summed E-state index contributed by atoms with van der Waals surface area (Å²) >= 11 is 0. The summed E-state index contributed by atoms with van der Waals surface area (Å²) in [6, 6.07) is 8.13. The van der Waals surface area contributed by atoms with Crippen LogP contribution in [0.15, 0.2) is 36.9 Å². The van der Waals surface area contributed by atoms with E-state index >= 15 is 0 Å². The first-order valence-corrected chi connectivity index (χ1v) is 6.54. The smallest absolute Gasteiger partial charge is 0.123 e. The van der Waals surface area contributed by atoms with Gasteiger partial charge in [0, 0.05) is 25.3 Å². The summed E-state index contributed by atoms with van der Waals surface area (Å²) < 4.78 is 11.4. The lowest BCUT2D eigenvalue weighted by Gasteiger charge is -2.14. The van der Waals surface area contributed by atoms with Crippen LogP contribution in [-0.2, 0) is 11.3 Å². The van der Waals surface area contributed by atoms with Crippen molar-refractivity contribution in [1.29, 1.82) is 0 Å². The third kappa shape index (κ3) is 3.86. The second-order valence-electron chi connectivity index (χ2n) is 4.47. The van der Waals surface area contributed by atoms with E-state index < -0.39 is 0 Å². The SMILES string of the molecule is C=CCNCc1ccccc1OCC1CCCO1. The van der Waals surface area contributed by atoms with Gasteiger partial charge in [0.2, 0.25) is 0 Å². The highest BCUT2D eigenvalue weighted by Crippen LogP contribution is 2.20. The van der Waals surface area contributed by atoms with Gasteiger partial charge in [-0.05, 0) is 18.9 Å². The van der Waals surface area contributed by atoms with Crippen molar-refractivity contribution in [3.8, 4) is 5.75 Å². The monoisotopic (exact) mass is 247 g/mol. The van der Waals surface area contributed by atoms with Crippen LogP contribution < -0.4 is 10.1 Å². The van der Waals surface area contributed by atoms with Gasteiger partial charge in [-0.15, -0.1) is 6.58 Å². The molecule has 0 aliphatic carbocycles. The minimum absolute atomic E-state index is 0.263. The fraction of sp³-hybridized carbons (Fsp3) is 0.467. The molecule has 1 saturated heterocycles. The van der Waals surface area contributed by atoms with Crippen LogP contribution in [0.25, 0.3) is 0 Å².